The molecular formula is C31H33FN4O3. The lowest BCUT2D eigenvalue weighted by molar-refractivity contribution is -0.160. The highest BCUT2D eigenvalue weighted by atomic mass is 19.1. The number of aromatic nitrogens is 3. The number of aliphatic hydroxyl groups excluding tert-OH is 1. The number of hydrogen-bond donors (Lipinski definition) is 2. The lowest BCUT2D eigenvalue weighted by Gasteiger charge is -2.26. The second-order valence-electron chi connectivity index (χ2n) is 10.1. The highest BCUT2D eigenvalue weighted by Gasteiger charge is 2.29. The van der Waals surface area contributed by atoms with Crippen molar-refractivity contribution in [1.29, 1.82) is 0 Å². The SMILES string of the molecule is CCC(C)c1nn(-c2ccnc(Nc3ccccc3)c2)c(-c2ccc(F)cc2)c1CCC1CC(O)CC(=O)O1. The molecule has 2 aromatic heterocycles. The molecule has 3 atom stereocenters. The van der Waals surface area contributed by atoms with Gasteiger partial charge in [-0.2, -0.15) is 5.10 Å². The van der Waals surface area contributed by atoms with Crippen LogP contribution in [0.5, 0.6) is 0 Å². The molecule has 1 aliphatic rings. The van der Waals surface area contributed by atoms with Gasteiger partial charge in [-0.1, -0.05) is 32.0 Å². The molecule has 0 bridgehead atoms. The number of benzene rings is 2. The van der Waals surface area contributed by atoms with E-state index in [2.05, 4.69) is 24.1 Å². The summed E-state index contributed by atoms with van der Waals surface area (Å²) in [5.74, 6) is 0.165. The summed E-state index contributed by atoms with van der Waals surface area (Å²) in [5.41, 5.74) is 5.42. The van der Waals surface area contributed by atoms with Crippen LogP contribution in [0, 0.1) is 5.82 Å². The van der Waals surface area contributed by atoms with Gasteiger partial charge in [0, 0.05) is 41.4 Å². The maximum atomic E-state index is 13.9. The van der Waals surface area contributed by atoms with Crippen LogP contribution in [0.3, 0.4) is 0 Å². The fourth-order valence-corrected chi connectivity index (χ4v) is 5.03. The molecule has 0 amide bonds. The fraction of sp³-hybridized carbons (Fsp3) is 0.323. The summed E-state index contributed by atoms with van der Waals surface area (Å²) in [4.78, 5) is 16.4. The third-order valence-electron chi connectivity index (χ3n) is 7.20. The number of halogens is 1. The van der Waals surface area contributed by atoms with Gasteiger partial charge in [0.25, 0.3) is 0 Å². The fourth-order valence-electron chi connectivity index (χ4n) is 5.03. The molecule has 3 unspecified atom stereocenters. The molecule has 3 heterocycles. The van der Waals surface area contributed by atoms with Crippen molar-refractivity contribution < 1.29 is 19.0 Å². The van der Waals surface area contributed by atoms with Gasteiger partial charge in [-0.25, -0.2) is 14.1 Å². The first-order valence-electron chi connectivity index (χ1n) is 13.4. The summed E-state index contributed by atoms with van der Waals surface area (Å²) in [7, 11) is 0. The molecule has 8 heteroatoms. The van der Waals surface area contributed by atoms with Gasteiger partial charge in [0.15, 0.2) is 0 Å². The van der Waals surface area contributed by atoms with Gasteiger partial charge in [-0.15, -0.1) is 0 Å². The summed E-state index contributed by atoms with van der Waals surface area (Å²) in [6.07, 6.45) is 3.19. The van der Waals surface area contributed by atoms with E-state index in [0.29, 0.717) is 25.1 Å². The first-order valence-corrected chi connectivity index (χ1v) is 13.4. The van der Waals surface area contributed by atoms with Crippen LogP contribution in [0.4, 0.5) is 15.9 Å². The topological polar surface area (TPSA) is 89.3 Å². The minimum absolute atomic E-state index is 0.0365. The molecule has 0 saturated carbocycles. The summed E-state index contributed by atoms with van der Waals surface area (Å²) >= 11 is 0. The predicted molar refractivity (Wildman–Crippen MR) is 149 cm³/mol. The van der Waals surface area contributed by atoms with E-state index in [1.54, 1.807) is 18.3 Å². The van der Waals surface area contributed by atoms with Gasteiger partial charge in [-0.3, -0.25) is 4.79 Å². The van der Waals surface area contributed by atoms with Crippen LogP contribution in [-0.4, -0.2) is 38.0 Å². The summed E-state index contributed by atoms with van der Waals surface area (Å²) in [6, 6.07) is 20.1. The average molecular weight is 529 g/mol. The number of carbonyl (C=O) groups excluding carboxylic acids is 1. The average Bonchev–Trinajstić information content (AvgIpc) is 3.31. The molecule has 1 saturated heterocycles. The van der Waals surface area contributed by atoms with E-state index in [9.17, 15) is 14.3 Å². The number of esters is 1. The van der Waals surface area contributed by atoms with Gasteiger partial charge in [-0.05, 0) is 61.7 Å². The van der Waals surface area contributed by atoms with Gasteiger partial charge < -0.3 is 15.2 Å². The molecule has 39 heavy (non-hydrogen) atoms. The number of para-hydroxylation sites is 1. The summed E-state index contributed by atoms with van der Waals surface area (Å²) in [6.45, 7) is 4.27. The minimum atomic E-state index is -0.683. The van der Waals surface area contributed by atoms with Crippen molar-refractivity contribution in [1.82, 2.24) is 14.8 Å². The van der Waals surface area contributed by atoms with Crippen molar-refractivity contribution in [2.45, 2.75) is 64.1 Å². The van der Waals surface area contributed by atoms with Crippen LogP contribution >= 0.6 is 0 Å². The summed E-state index contributed by atoms with van der Waals surface area (Å²) < 4.78 is 21.4. The van der Waals surface area contributed by atoms with E-state index < -0.39 is 6.10 Å². The third-order valence-corrected chi connectivity index (χ3v) is 7.20. The highest BCUT2D eigenvalue weighted by Crippen LogP contribution is 2.36. The molecular weight excluding hydrogens is 495 g/mol. The van der Waals surface area contributed by atoms with Gasteiger partial charge in [0.05, 0.1) is 29.6 Å². The van der Waals surface area contributed by atoms with Crippen LogP contribution in [0.15, 0.2) is 72.9 Å². The Balaban J connectivity index is 1.58. The van der Waals surface area contributed by atoms with Gasteiger partial charge in [0.2, 0.25) is 0 Å². The number of hydrogen-bond acceptors (Lipinski definition) is 6. The first kappa shape index (κ1) is 26.6. The van der Waals surface area contributed by atoms with E-state index in [-0.39, 0.29) is 30.2 Å². The largest absolute Gasteiger partial charge is 0.462 e. The lowest BCUT2D eigenvalue weighted by atomic mass is 9.92. The zero-order valence-corrected chi connectivity index (χ0v) is 22.2. The molecule has 7 nitrogen and oxygen atoms in total. The number of nitrogens with one attached hydrogen (secondary N) is 1. The predicted octanol–water partition coefficient (Wildman–Crippen LogP) is 6.33. The molecule has 0 spiro atoms. The number of carbonyl (C=O) groups is 1. The zero-order valence-electron chi connectivity index (χ0n) is 22.2. The molecule has 1 aliphatic heterocycles. The standard InChI is InChI=1S/C31H33FN4O3/c1-3-20(2)30-27(14-13-26-18-25(37)19-29(38)39-26)31(21-9-11-22(32)12-10-21)36(35-30)24-15-16-33-28(17-24)34-23-7-5-4-6-8-23/h4-12,15-17,20,25-26,37H,3,13-14,18-19H2,1-2H3,(H,33,34). The zero-order chi connectivity index (χ0) is 27.4. The van der Waals surface area contributed by atoms with Crippen LogP contribution in [0.25, 0.3) is 16.9 Å². The molecule has 0 radical (unpaired) electrons. The Morgan fingerprint density at radius 1 is 1.15 bits per heavy atom. The van der Waals surface area contributed by atoms with E-state index >= 15 is 0 Å². The molecule has 0 aliphatic carbocycles. The Hall–Kier alpha value is -4.04. The monoisotopic (exact) mass is 528 g/mol. The van der Waals surface area contributed by atoms with Crippen molar-refractivity contribution in [2.75, 3.05) is 5.32 Å². The second kappa shape index (κ2) is 11.8. The Labute approximate surface area is 227 Å². The smallest absolute Gasteiger partial charge is 0.308 e. The third kappa shape index (κ3) is 6.17. The van der Waals surface area contributed by atoms with Crippen molar-refractivity contribution in [3.63, 3.8) is 0 Å². The van der Waals surface area contributed by atoms with Gasteiger partial charge in [0.1, 0.15) is 17.7 Å². The molecule has 202 valence electrons. The van der Waals surface area contributed by atoms with Crippen molar-refractivity contribution >= 4 is 17.5 Å². The number of nitrogens with zero attached hydrogens (tertiary/aromatic N) is 3. The Morgan fingerprint density at radius 3 is 2.64 bits per heavy atom. The normalized spacial score (nSPS) is 18.0. The van der Waals surface area contributed by atoms with Crippen molar-refractivity contribution in [3.05, 3.63) is 90.0 Å². The van der Waals surface area contributed by atoms with Crippen LogP contribution in [0.1, 0.15) is 56.7 Å². The number of ether oxygens (including phenoxy) is 1. The first-order chi connectivity index (χ1) is 18.9. The number of rotatable bonds is 9. The quantitative estimate of drug-likeness (QED) is 0.247. The Bertz CT molecular complexity index is 1420. The summed E-state index contributed by atoms with van der Waals surface area (Å²) in [5, 5.41) is 18.5. The molecule has 2 N–H and O–H groups in total. The molecule has 2 aromatic carbocycles. The lowest BCUT2D eigenvalue weighted by Crippen LogP contribution is -2.32. The van der Waals surface area contributed by atoms with Crippen molar-refractivity contribution in [2.24, 2.45) is 0 Å². The maximum absolute atomic E-state index is 13.9. The van der Waals surface area contributed by atoms with Gasteiger partial charge >= 0.3 is 5.97 Å². The highest BCUT2D eigenvalue weighted by molar-refractivity contribution is 5.71. The van der Waals surface area contributed by atoms with Crippen LogP contribution in [0.2, 0.25) is 0 Å². The van der Waals surface area contributed by atoms with Crippen LogP contribution < -0.4 is 5.32 Å². The molecule has 4 aromatic rings. The Kier molecular flexibility index (Phi) is 8.02. The van der Waals surface area contributed by atoms with E-state index in [1.165, 1.54) is 12.1 Å². The van der Waals surface area contributed by atoms with E-state index in [4.69, 9.17) is 9.84 Å². The number of pyridine rings is 1. The molecule has 1 fully saturated rings. The maximum Gasteiger partial charge on any atom is 0.308 e. The molecule has 5 rings (SSSR count). The second-order valence-corrected chi connectivity index (χ2v) is 10.1. The van der Waals surface area contributed by atoms with Crippen LogP contribution in [-0.2, 0) is 16.0 Å². The number of anilines is 2. The van der Waals surface area contributed by atoms with E-state index in [1.807, 2.05) is 47.1 Å². The Morgan fingerprint density at radius 2 is 1.92 bits per heavy atom. The number of cyclic esters (lactones) is 1. The number of aliphatic hydroxyl groups is 1. The van der Waals surface area contributed by atoms with E-state index in [0.717, 1.165) is 40.3 Å². The minimum Gasteiger partial charge on any atom is -0.462 e. The van der Waals surface area contributed by atoms with Crippen molar-refractivity contribution in [3.8, 4) is 16.9 Å².